The zero-order chi connectivity index (χ0) is 10.9. The van der Waals surface area contributed by atoms with E-state index < -0.39 is 29.0 Å². The van der Waals surface area contributed by atoms with Gasteiger partial charge in [0.05, 0.1) is 11.5 Å². The number of H-pyrrole nitrogens is 2. The molecule has 1 heterocycles. The predicted octanol–water partition coefficient (Wildman–Crippen LogP) is -1.04. The van der Waals surface area contributed by atoms with E-state index in [9.17, 15) is 14.4 Å². The number of hydrogen-bond donors (Lipinski definition) is 4. The van der Waals surface area contributed by atoms with Crippen LogP contribution in [-0.4, -0.2) is 26.2 Å². The molecule has 0 radical (unpaired) electrons. The van der Waals surface area contributed by atoms with Crippen LogP contribution in [0.15, 0.2) is 9.59 Å². The molecule has 0 saturated carbocycles. The molecule has 7 heteroatoms. The van der Waals surface area contributed by atoms with Crippen molar-refractivity contribution < 1.29 is 15.0 Å². The molecule has 7 nitrogen and oxygen atoms in total. The molecule has 0 bridgehead atoms. The van der Waals surface area contributed by atoms with Crippen molar-refractivity contribution in [2.24, 2.45) is 0 Å². The molecule has 0 aliphatic rings. The Bertz CT molecular complexity index is 472. The van der Waals surface area contributed by atoms with E-state index in [0.29, 0.717) is 0 Å². The minimum Gasteiger partial charge on any atom is -0.494 e. The molecule has 0 amide bonds. The van der Waals surface area contributed by atoms with Crippen LogP contribution < -0.4 is 11.2 Å². The summed E-state index contributed by atoms with van der Waals surface area (Å²) in [7, 11) is 0. The Morgan fingerprint density at radius 2 is 1.93 bits per heavy atom. The molecule has 0 aliphatic heterocycles. The maximum atomic E-state index is 11.1. The first-order valence-corrected chi connectivity index (χ1v) is 3.71. The lowest BCUT2D eigenvalue weighted by molar-refractivity contribution is -0.138. The van der Waals surface area contributed by atoms with Crippen molar-refractivity contribution in [3.8, 4) is 5.88 Å². The average molecular weight is 200 g/mol. The molecular weight excluding hydrogens is 192 g/mol. The second kappa shape index (κ2) is 3.36. The Kier molecular flexibility index (Phi) is 2.41. The molecule has 0 saturated heterocycles. The van der Waals surface area contributed by atoms with E-state index in [-0.39, 0.29) is 5.56 Å². The van der Waals surface area contributed by atoms with E-state index >= 15 is 0 Å². The summed E-state index contributed by atoms with van der Waals surface area (Å²) in [6, 6.07) is 0. The normalized spacial score (nSPS) is 12.4. The van der Waals surface area contributed by atoms with E-state index in [2.05, 4.69) is 0 Å². The zero-order valence-electron chi connectivity index (χ0n) is 7.20. The van der Waals surface area contributed by atoms with Crippen molar-refractivity contribution in [1.82, 2.24) is 9.97 Å². The number of carbonyl (C=O) groups is 1. The van der Waals surface area contributed by atoms with Gasteiger partial charge in [0.25, 0.3) is 5.56 Å². The van der Waals surface area contributed by atoms with Gasteiger partial charge >= 0.3 is 11.7 Å². The quantitative estimate of drug-likeness (QED) is 0.485. The maximum absolute atomic E-state index is 11.1. The fourth-order valence-corrected chi connectivity index (χ4v) is 1.01. The Morgan fingerprint density at radius 3 is 2.36 bits per heavy atom. The molecule has 14 heavy (non-hydrogen) atoms. The predicted molar refractivity (Wildman–Crippen MR) is 45.4 cm³/mol. The van der Waals surface area contributed by atoms with Crippen LogP contribution in [0.25, 0.3) is 0 Å². The molecule has 1 unspecified atom stereocenters. The fourth-order valence-electron chi connectivity index (χ4n) is 1.01. The minimum atomic E-state index is -1.27. The number of carboxylic acid groups (broad SMARTS) is 1. The molecule has 0 aromatic carbocycles. The fraction of sp³-hybridized carbons (Fsp3) is 0.286. The van der Waals surface area contributed by atoms with Crippen molar-refractivity contribution in [2.75, 3.05) is 0 Å². The highest BCUT2D eigenvalue weighted by Gasteiger charge is 2.22. The minimum absolute atomic E-state index is 0.364. The molecule has 0 aliphatic carbocycles. The molecule has 1 aromatic heterocycles. The highest BCUT2D eigenvalue weighted by Crippen LogP contribution is 2.17. The first kappa shape index (κ1) is 10.0. The summed E-state index contributed by atoms with van der Waals surface area (Å²) in [4.78, 5) is 36.0. The molecule has 1 rings (SSSR count). The summed E-state index contributed by atoms with van der Waals surface area (Å²) < 4.78 is 0. The number of rotatable bonds is 2. The summed E-state index contributed by atoms with van der Waals surface area (Å²) in [5, 5.41) is 17.8. The largest absolute Gasteiger partial charge is 0.494 e. The van der Waals surface area contributed by atoms with Crippen LogP contribution in [0, 0.1) is 0 Å². The van der Waals surface area contributed by atoms with Crippen molar-refractivity contribution in [1.29, 1.82) is 0 Å². The van der Waals surface area contributed by atoms with Gasteiger partial charge in [0, 0.05) is 0 Å². The van der Waals surface area contributed by atoms with Gasteiger partial charge in [-0.15, -0.1) is 0 Å². The lowest BCUT2D eigenvalue weighted by Gasteiger charge is -2.05. The Balaban J connectivity index is 3.42. The number of aliphatic carboxylic acids is 1. The van der Waals surface area contributed by atoms with Crippen molar-refractivity contribution >= 4 is 5.97 Å². The van der Waals surface area contributed by atoms with Crippen LogP contribution in [-0.2, 0) is 4.79 Å². The molecule has 76 valence electrons. The summed E-state index contributed by atoms with van der Waals surface area (Å²) >= 11 is 0. The molecule has 0 fully saturated rings. The summed E-state index contributed by atoms with van der Waals surface area (Å²) in [6.45, 7) is 1.23. The van der Waals surface area contributed by atoms with E-state index in [1.54, 1.807) is 0 Å². The standard InChI is InChI=1S/C7H8N2O5/c1-2(6(12)13)3-4(10)8-7(14)9-5(3)11/h2H,1H3,(H,12,13)(H3,8,9,10,11,14). The van der Waals surface area contributed by atoms with Gasteiger partial charge in [-0.2, -0.15) is 0 Å². The first-order valence-electron chi connectivity index (χ1n) is 3.71. The van der Waals surface area contributed by atoms with Gasteiger partial charge in [-0.3, -0.25) is 19.6 Å². The molecule has 4 N–H and O–H groups in total. The molecule has 1 aromatic rings. The van der Waals surface area contributed by atoms with Gasteiger partial charge in [0.1, 0.15) is 0 Å². The van der Waals surface area contributed by atoms with Crippen molar-refractivity contribution in [3.05, 3.63) is 26.4 Å². The molecule has 1 atom stereocenters. The zero-order valence-corrected chi connectivity index (χ0v) is 7.20. The third-order valence-corrected chi connectivity index (χ3v) is 1.76. The van der Waals surface area contributed by atoms with E-state index in [1.807, 2.05) is 9.97 Å². The van der Waals surface area contributed by atoms with E-state index in [1.165, 1.54) is 6.92 Å². The number of aromatic amines is 2. The van der Waals surface area contributed by atoms with E-state index in [4.69, 9.17) is 10.2 Å². The van der Waals surface area contributed by atoms with Crippen LogP contribution in [0.2, 0.25) is 0 Å². The summed E-state index contributed by atoms with van der Waals surface area (Å²) in [5.41, 5.74) is -2.15. The number of hydrogen-bond acceptors (Lipinski definition) is 4. The van der Waals surface area contributed by atoms with Crippen LogP contribution in [0.1, 0.15) is 18.4 Å². The third kappa shape index (κ3) is 1.65. The summed E-state index contributed by atoms with van der Waals surface area (Å²) in [5.74, 6) is -3.16. The van der Waals surface area contributed by atoms with Crippen LogP contribution >= 0.6 is 0 Å². The highest BCUT2D eigenvalue weighted by atomic mass is 16.4. The monoisotopic (exact) mass is 200 g/mol. The highest BCUT2D eigenvalue weighted by molar-refractivity contribution is 5.76. The number of nitrogens with one attached hydrogen (secondary N) is 2. The van der Waals surface area contributed by atoms with Crippen LogP contribution in [0.4, 0.5) is 0 Å². The van der Waals surface area contributed by atoms with Gasteiger partial charge in [-0.1, -0.05) is 0 Å². The smallest absolute Gasteiger partial charge is 0.328 e. The van der Waals surface area contributed by atoms with E-state index in [0.717, 1.165) is 0 Å². The van der Waals surface area contributed by atoms with Crippen molar-refractivity contribution in [3.63, 3.8) is 0 Å². The summed E-state index contributed by atoms with van der Waals surface area (Å²) in [6.07, 6.45) is 0. The Hall–Kier alpha value is -2.05. The second-order valence-electron chi connectivity index (χ2n) is 2.73. The lowest BCUT2D eigenvalue weighted by atomic mass is 10.0. The molecular formula is C7H8N2O5. The average Bonchev–Trinajstić information content (AvgIpc) is 2.01. The van der Waals surface area contributed by atoms with Crippen molar-refractivity contribution in [2.45, 2.75) is 12.8 Å². The van der Waals surface area contributed by atoms with Gasteiger partial charge in [0.2, 0.25) is 5.88 Å². The SMILES string of the molecule is CC(C(=O)O)c1c(O)[nH]c(=O)[nH]c1=O. The van der Waals surface area contributed by atoms with Crippen LogP contribution in [0.5, 0.6) is 5.88 Å². The Labute approximate surface area is 77.0 Å². The molecule has 0 spiro atoms. The van der Waals surface area contributed by atoms with Gasteiger partial charge in [-0.25, -0.2) is 4.79 Å². The van der Waals surface area contributed by atoms with Gasteiger partial charge in [-0.05, 0) is 6.92 Å². The lowest BCUT2D eigenvalue weighted by Crippen LogP contribution is -2.28. The number of aromatic hydroxyl groups is 1. The Morgan fingerprint density at radius 1 is 1.36 bits per heavy atom. The number of aromatic nitrogens is 2. The topological polar surface area (TPSA) is 123 Å². The number of carboxylic acids is 1. The third-order valence-electron chi connectivity index (χ3n) is 1.76. The second-order valence-corrected chi connectivity index (χ2v) is 2.73. The maximum Gasteiger partial charge on any atom is 0.328 e. The van der Waals surface area contributed by atoms with Gasteiger partial charge < -0.3 is 10.2 Å². The van der Waals surface area contributed by atoms with Crippen LogP contribution in [0.3, 0.4) is 0 Å². The van der Waals surface area contributed by atoms with Gasteiger partial charge in [0.15, 0.2) is 0 Å². The first-order chi connectivity index (χ1) is 6.43.